The summed E-state index contributed by atoms with van der Waals surface area (Å²) >= 11 is 0. The lowest BCUT2D eigenvalue weighted by molar-refractivity contribution is -0.385. The number of methoxy groups -OCH3 is 1. The van der Waals surface area contributed by atoms with E-state index in [-0.39, 0.29) is 11.7 Å². The highest BCUT2D eigenvalue weighted by Gasteiger charge is 2.33. The van der Waals surface area contributed by atoms with Crippen LogP contribution in [0.3, 0.4) is 0 Å². The second kappa shape index (κ2) is 10.1. The van der Waals surface area contributed by atoms with Crippen LogP contribution in [0.15, 0.2) is 30.3 Å². The van der Waals surface area contributed by atoms with Crippen LogP contribution in [0.4, 0.5) is 24.7 Å². The predicted octanol–water partition coefficient (Wildman–Crippen LogP) is 5.18. The van der Waals surface area contributed by atoms with Crippen LogP contribution in [0.5, 0.6) is 11.5 Å². The molecule has 0 aliphatic carbocycles. The van der Waals surface area contributed by atoms with Crippen LogP contribution in [-0.4, -0.2) is 41.2 Å². The molecule has 2 heterocycles. The third-order valence-electron chi connectivity index (χ3n) is 6.00. The summed E-state index contributed by atoms with van der Waals surface area (Å²) in [5, 5.41) is 18.2. The van der Waals surface area contributed by atoms with Crippen molar-refractivity contribution >= 4 is 22.4 Å². The van der Waals surface area contributed by atoms with Crippen LogP contribution in [0, 0.1) is 17.0 Å². The second-order valence-electron chi connectivity index (χ2n) is 8.64. The Morgan fingerprint density at radius 2 is 1.86 bits per heavy atom. The maximum atomic E-state index is 13.4. The zero-order valence-corrected chi connectivity index (χ0v) is 20.0. The minimum Gasteiger partial charge on any atom is -0.493 e. The molecule has 1 saturated heterocycles. The molecular formula is C24H26F3N5O4. The van der Waals surface area contributed by atoms with Crippen molar-refractivity contribution < 1.29 is 27.6 Å². The zero-order chi connectivity index (χ0) is 26.0. The number of non-ortho nitro benzene ring substituents is 1. The molecule has 4 rings (SSSR count). The fourth-order valence-electron chi connectivity index (χ4n) is 4.15. The Morgan fingerprint density at radius 3 is 2.50 bits per heavy atom. The molecule has 1 aliphatic heterocycles. The Balaban J connectivity index is 1.73. The van der Waals surface area contributed by atoms with Gasteiger partial charge in [-0.25, -0.2) is 9.97 Å². The largest absolute Gasteiger partial charge is 0.493 e. The molecule has 192 valence electrons. The average molecular weight is 505 g/mol. The van der Waals surface area contributed by atoms with Crippen molar-refractivity contribution in [1.82, 2.24) is 15.3 Å². The number of rotatable bonds is 7. The third kappa shape index (κ3) is 5.59. The molecule has 36 heavy (non-hydrogen) atoms. The highest BCUT2D eigenvalue weighted by atomic mass is 19.4. The van der Waals surface area contributed by atoms with Crippen molar-refractivity contribution in [2.45, 2.75) is 45.0 Å². The molecule has 2 aromatic carbocycles. The molecule has 0 saturated carbocycles. The first-order chi connectivity index (χ1) is 17.0. The van der Waals surface area contributed by atoms with E-state index in [9.17, 15) is 23.3 Å². The van der Waals surface area contributed by atoms with Crippen LogP contribution in [-0.2, 0) is 6.18 Å². The quantitative estimate of drug-likeness (QED) is 0.334. The van der Waals surface area contributed by atoms with Gasteiger partial charge in [-0.3, -0.25) is 10.1 Å². The van der Waals surface area contributed by atoms with Crippen LogP contribution >= 0.6 is 0 Å². The number of aryl methyl sites for hydroxylation is 1. The van der Waals surface area contributed by atoms with Crippen molar-refractivity contribution in [1.29, 1.82) is 0 Å². The number of nitrogens with zero attached hydrogens (tertiary/aromatic N) is 3. The van der Waals surface area contributed by atoms with Gasteiger partial charge >= 0.3 is 6.18 Å². The number of nitrogens with one attached hydrogen (secondary N) is 2. The summed E-state index contributed by atoms with van der Waals surface area (Å²) in [6.45, 7) is 4.99. The van der Waals surface area contributed by atoms with E-state index in [0.717, 1.165) is 38.1 Å². The number of piperidine rings is 1. The Morgan fingerprint density at radius 1 is 1.14 bits per heavy atom. The summed E-state index contributed by atoms with van der Waals surface area (Å²) in [5.41, 5.74) is -1.08. The van der Waals surface area contributed by atoms with Crippen LogP contribution in [0.2, 0.25) is 0 Å². The number of halogens is 3. The summed E-state index contributed by atoms with van der Waals surface area (Å²) in [7, 11) is 1.53. The van der Waals surface area contributed by atoms with Gasteiger partial charge in [0, 0.05) is 23.6 Å². The smallest absolute Gasteiger partial charge is 0.416 e. The Hall–Kier alpha value is -3.67. The fourth-order valence-corrected chi connectivity index (χ4v) is 4.15. The van der Waals surface area contributed by atoms with E-state index in [1.165, 1.54) is 7.11 Å². The number of benzene rings is 2. The molecule has 3 aromatic rings. The first kappa shape index (κ1) is 25.4. The number of anilines is 1. The van der Waals surface area contributed by atoms with Gasteiger partial charge in [0.25, 0.3) is 5.69 Å². The molecule has 1 atom stereocenters. The summed E-state index contributed by atoms with van der Waals surface area (Å²) in [5.74, 6) is 1.81. The van der Waals surface area contributed by atoms with E-state index in [2.05, 4.69) is 20.6 Å². The average Bonchev–Trinajstić information content (AvgIpc) is 2.83. The molecule has 0 radical (unpaired) electrons. The molecule has 1 aromatic heterocycles. The Kier molecular flexibility index (Phi) is 7.16. The van der Waals surface area contributed by atoms with Gasteiger partial charge < -0.3 is 20.1 Å². The van der Waals surface area contributed by atoms with E-state index >= 15 is 0 Å². The van der Waals surface area contributed by atoms with E-state index in [1.54, 1.807) is 26.0 Å². The summed E-state index contributed by atoms with van der Waals surface area (Å²) in [6.07, 6.45) is -3.05. The molecular weight excluding hydrogens is 479 g/mol. The SMILES string of the molecule is COc1cc2nc(C)nc(NC(C)c3cc([N+](=O)[O-])cc(C(F)(F)F)c3)c2cc1OC1CCNCC1. The number of nitro groups is 1. The highest BCUT2D eigenvalue weighted by molar-refractivity contribution is 5.92. The lowest BCUT2D eigenvalue weighted by Crippen LogP contribution is -2.34. The maximum absolute atomic E-state index is 13.4. The van der Waals surface area contributed by atoms with Gasteiger partial charge in [-0.2, -0.15) is 13.2 Å². The lowest BCUT2D eigenvalue weighted by atomic mass is 10.0. The van der Waals surface area contributed by atoms with Gasteiger partial charge in [0.2, 0.25) is 0 Å². The van der Waals surface area contributed by atoms with Crippen LogP contribution < -0.4 is 20.1 Å². The fraction of sp³-hybridized carbons (Fsp3) is 0.417. The zero-order valence-electron chi connectivity index (χ0n) is 20.0. The molecule has 1 unspecified atom stereocenters. The van der Waals surface area contributed by atoms with E-state index in [0.29, 0.717) is 40.1 Å². The number of ether oxygens (including phenoxy) is 2. The molecule has 12 heteroatoms. The van der Waals surface area contributed by atoms with Gasteiger partial charge in [-0.15, -0.1) is 0 Å². The summed E-state index contributed by atoms with van der Waals surface area (Å²) in [4.78, 5) is 19.3. The van der Waals surface area contributed by atoms with Crippen LogP contribution in [0.1, 0.15) is 42.8 Å². The molecule has 9 nitrogen and oxygen atoms in total. The molecule has 0 amide bonds. The van der Waals surface area contributed by atoms with Gasteiger partial charge in [0.15, 0.2) is 11.5 Å². The monoisotopic (exact) mass is 505 g/mol. The van der Waals surface area contributed by atoms with Crippen molar-refractivity contribution in [3.05, 3.63) is 57.4 Å². The second-order valence-corrected chi connectivity index (χ2v) is 8.64. The van der Waals surface area contributed by atoms with Gasteiger partial charge in [0.1, 0.15) is 17.7 Å². The Labute approximate surface area is 205 Å². The Bertz CT molecular complexity index is 1280. The molecule has 1 fully saturated rings. The van der Waals surface area contributed by atoms with E-state index < -0.39 is 28.4 Å². The maximum Gasteiger partial charge on any atom is 0.416 e. The predicted molar refractivity (Wildman–Crippen MR) is 127 cm³/mol. The molecule has 1 aliphatic rings. The minimum atomic E-state index is -4.73. The van der Waals surface area contributed by atoms with Crippen molar-refractivity contribution in [2.75, 3.05) is 25.5 Å². The highest BCUT2D eigenvalue weighted by Crippen LogP contribution is 2.38. The third-order valence-corrected chi connectivity index (χ3v) is 6.00. The van der Waals surface area contributed by atoms with Crippen molar-refractivity contribution in [3.63, 3.8) is 0 Å². The number of fused-ring (bicyclic) bond motifs is 1. The standard InChI is InChI=1S/C24H26F3N5O4/c1-13(15-8-16(24(25,26)27)10-17(9-15)32(33)34)29-23-19-11-22(36-18-4-6-28-7-5-18)21(35-3)12-20(19)30-14(2)31-23/h8-13,18,28H,4-7H2,1-3H3,(H,29,30,31). The molecule has 0 bridgehead atoms. The minimum absolute atomic E-state index is 0.00459. The van der Waals surface area contributed by atoms with Gasteiger partial charge in [-0.05, 0) is 57.5 Å². The number of alkyl halides is 3. The normalized spacial score (nSPS) is 15.5. The van der Waals surface area contributed by atoms with Gasteiger partial charge in [-0.1, -0.05) is 0 Å². The number of hydrogen-bond donors (Lipinski definition) is 2. The first-order valence-corrected chi connectivity index (χ1v) is 11.4. The lowest BCUT2D eigenvalue weighted by Gasteiger charge is -2.25. The summed E-state index contributed by atoms with van der Waals surface area (Å²) < 4.78 is 51.9. The van der Waals surface area contributed by atoms with Crippen LogP contribution in [0.25, 0.3) is 10.9 Å². The molecule has 2 N–H and O–H groups in total. The summed E-state index contributed by atoms with van der Waals surface area (Å²) in [6, 6.07) is 5.29. The van der Waals surface area contributed by atoms with E-state index in [1.807, 2.05) is 0 Å². The molecule has 0 spiro atoms. The van der Waals surface area contributed by atoms with E-state index in [4.69, 9.17) is 9.47 Å². The topological polar surface area (TPSA) is 111 Å². The number of nitro benzene ring substituents is 1. The first-order valence-electron chi connectivity index (χ1n) is 11.4. The van der Waals surface area contributed by atoms with Gasteiger partial charge in [0.05, 0.1) is 29.2 Å². The van der Waals surface area contributed by atoms with Crippen molar-refractivity contribution in [2.24, 2.45) is 0 Å². The number of hydrogen-bond acceptors (Lipinski definition) is 8. The number of aromatic nitrogens is 2. The van der Waals surface area contributed by atoms with Crippen molar-refractivity contribution in [3.8, 4) is 11.5 Å².